The van der Waals surface area contributed by atoms with Crippen LogP contribution < -0.4 is 16.2 Å². The Kier molecular flexibility index (Phi) is 4.53. The summed E-state index contributed by atoms with van der Waals surface area (Å²) in [6.07, 6.45) is 3.66. The first kappa shape index (κ1) is 16.5. The van der Waals surface area contributed by atoms with E-state index in [0.29, 0.717) is 29.4 Å². The Labute approximate surface area is 150 Å². The summed E-state index contributed by atoms with van der Waals surface area (Å²) in [4.78, 5) is 29.5. The number of nitrogens with one attached hydrogen (secondary N) is 3. The highest BCUT2D eigenvalue weighted by Crippen LogP contribution is 2.17. The lowest BCUT2D eigenvalue weighted by atomic mass is 9.98. The molecule has 0 atom stereocenters. The van der Waals surface area contributed by atoms with Crippen LogP contribution in [-0.4, -0.2) is 40.1 Å². The molecule has 1 aromatic carbocycles. The predicted octanol–water partition coefficient (Wildman–Crippen LogP) is 1.42. The number of H-pyrrole nitrogens is 1. The third kappa shape index (κ3) is 3.25. The van der Waals surface area contributed by atoms with Gasteiger partial charge < -0.3 is 10.6 Å². The van der Waals surface area contributed by atoms with Crippen LogP contribution in [0.4, 0.5) is 0 Å². The van der Waals surface area contributed by atoms with Gasteiger partial charge in [0.15, 0.2) is 5.65 Å². The van der Waals surface area contributed by atoms with Crippen LogP contribution in [0.2, 0.25) is 0 Å². The van der Waals surface area contributed by atoms with E-state index in [4.69, 9.17) is 0 Å². The fraction of sp³-hybridized carbons (Fsp3) is 0.316. The zero-order valence-electron chi connectivity index (χ0n) is 14.4. The lowest BCUT2D eigenvalue weighted by molar-refractivity contribution is 0.0945. The number of nitrogens with zero attached hydrogens (tertiary/aromatic N) is 2. The average Bonchev–Trinajstić information content (AvgIpc) is 3.12. The second-order valence-corrected chi connectivity index (χ2v) is 6.60. The molecule has 1 fully saturated rings. The van der Waals surface area contributed by atoms with Crippen molar-refractivity contribution in [3.05, 3.63) is 58.5 Å². The molecular formula is C19H21N5O2. The SMILES string of the molecule is O=C(NCC1CCNCC1)c1c[nH]n2c(=O)cc(-c3ccccc3)nc12. The van der Waals surface area contributed by atoms with E-state index >= 15 is 0 Å². The number of amides is 1. The van der Waals surface area contributed by atoms with E-state index in [1.165, 1.54) is 16.8 Å². The van der Waals surface area contributed by atoms with Crippen molar-refractivity contribution in [2.75, 3.05) is 19.6 Å². The Balaban J connectivity index is 1.62. The van der Waals surface area contributed by atoms with Crippen LogP contribution in [0.15, 0.2) is 47.4 Å². The number of aromatic amines is 1. The van der Waals surface area contributed by atoms with Crippen molar-refractivity contribution in [2.45, 2.75) is 12.8 Å². The number of fused-ring (bicyclic) bond motifs is 1. The van der Waals surface area contributed by atoms with Crippen LogP contribution in [-0.2, 0) is 0 Å². The highest BCUT2D eigenvalue weighted by molar-refractivity contribution is 5.99. The molecule has 4 rings (SSSR count). The largest absolute Gasteiger partial charge is 0.352 e. The maximum Gasteiger partial charge on any atom is 0.273 e. The molecule has 2 aromatic heterocycles. The summed E-state index contributed by atoms with van der Waals surface area (Å²) in [6, 6.07) is 10.9. The van der Waals surface area contributed by atoms with Gasteiger partial charge in [-0.1, -0.05) is 30.3 Å². The summed E-state index contributed by atoms with van der Waals surface area (Å²) in [6.45, 7) is 2.62. The third-order valence-electron chi connectivity index (χ3n) is 4.82. The number of carbonyl (C=O) groups excluding carboxylic acids is 1. The molecule has 0 bridgehead atoms. The van der Waals surface area contributed by atoms with Gasteiger partial charge in [0.25, 0.3) is 11.5 Å². The summed E-state index contributed by atoms with van der Waals surface area (Å²) in [7, 11) is 0. The number of rotatable bonds is 4. The lowest BCUT2D eigenvalue weighted by Crippen LogP contribution is -2.36. The van der Waals surface area contributed by atoms with Gasteiger partial charge in [0.2, 0.25) is 0 Å². The second kappa shape index (κ2) is 7.13. The van der Waals surface area contributed by atoms with Gasteiger partial charge in [0.05, 0.1) is 5.69 Å². The Morgan fingerprint density at radius 2 is 2.00 bits per heavy atom. The number of benzene rings is 1. The molecule has 3 aromatic rings. The number of hydrogen-bond donors (Lipinski definition) is 3. The van der Waals surface area contributed by atoms with Gasteiger partial charge in [0, 0.05) is 24.4 Å². The minimum atomic E-state index is -0.244. The summed E-state index contributed by atoms with van der Waals surface area (Å²) in [5.41, 5.74) is 1.89. The third-order valence-corrected chi connectivity index (χ3v) is 4.82. The summed E-state index contributed by atoms with van der Waals surface area (Å²) in [5.74, 6) is 0.278. The first-order valence-corrected chi connectivity index (χ1v) is 8.88. The molecule has 0 saturated carbocycles. The van der Waals surface area contributed by atoms with Crippen molar-refractivity contribution in [3.8, 4) is 11.3 Å². The Bertz CT molecular complexity index is 971. The Hall–Kier alpha value is -2.93. The van der Waals surface area contributed by atoms with Crippen LogP contribution in [0.3, 0.4) is 0 Å². The van der Waals surface area contributed by atoms with Gasteiger partial charge in [-0.2, -0.15) is 0 Å². The highest BCUT2D eigenvalue weighted by atomic mass is 16.2. The van der Waals surface area contributed by atoms with Gasteiger partial charge >= 0.3 is 0 Å². The van der Waals surface area contributed by atoms with E-state index in [1.807, 2.05) is 30.3 Å². The van der Waals surface area contributed by atoms with Gasteiger partial charge in [-0.25, -0.2) is 9.50 Å². The van der Waals surface area contributed by atoms with Crippen molar-refractivity contribution in [3.63, 3.8) is 0 Å². The minimum Gasteiger partial charge on any atom is -0.352 e. The number of hydrogen-bond acceptors (Lipinski definition) is 4. The van der Waals surface area contributed by atoms with E-state index in [1.54, 1.807) is 0 Å². The van der Waals surface area contributed by atoms with E-state index < -0.39 is 0 Å². The first-order valence-electron chi connectivity index (χ1n) is 8.88. The maximum absolute atomic E-state index is 12.6. The first-order chi connectivity index (χ1) is 12.7. The monoisotopic (exact) mass is 351 g/mol. The molecule has 1 aliphatic heterocycles. The average molecular weight is 351 g/mol. The maximum atomic E-state index is 12.6. The number of carbonyl (C=O) groups is 1. The van der Waals surface area contributed by atoms with Crippen LogP contribution in [0, 0.1) is 5.92 Å². The highest BCUT2D eigenvalue weighted by Gasteiger charge is 2.18. The van der Waals surface area contributed by atoms with E-state index in [-0.39, 0.29) is 11.5 Å². The van der Waals surface area contributed by atoms with Crippen LogP contribution in [0.25, 0.3) is 16.9 Å². The van der Waals surface area contributed by atoms with E-state index in [0.717, 1.165) is 31.5 Å². The molecule has 7 nitrogen and oxygen atoms in total. The zero-order valence-corrected chi connectivity index (χ0v) is 14.4. The molecule has 0 aliphatic carbocycles. The fourth-order valence-corrected chi connectivity index (χ4v) is 3.32. The summed E-state index contributed by atoms with van der Waals surface area (Å²) >= 11 is 0. The van der Waals surface area contributed by atoms with E-state index in [2.05, 4.69) is 20.7 Å². The molecule has 134 valence electrons. The Morgan fingerprint density at radius 1 is 1.23 bits per heavy atom. The molecule has 0 unspecified atom stereocenters. The second-order valence-electron chi connectivity index (χ2n) is 6.60. The molecule has 1 aliphatic rings. The molecule has 7 heteroatoms. The number of piperidine rings is 1. The van der Waals surface area contributed by atoms with Crippen LogP contribution >= 0.6 is 0 Å². The fourth-order valence-electron chi connectivity index (χ4n) is 3.32. The molecule has 3 N–H and O–H groups in total. The molecular weight excluding hydrogens is 330 g/mol. The summed E-state index contributed by atoms with van der Waals surface area (Å²) in [5, 5.41) is 9.12. The minimum absolute atomic E-state index is 0.209. The molecule has 1 saturated heterocycles. The standard InChI is InChI=1S/C19H21N5O2/c25-17-10-16(14-4-2-1-3-5-14)23-18-15(12-22-24(17)18)19(26)21-11-13-6-8-20-9-7-13/h1-5,10,12-13,20,22H,6-9,11H2,(H,21,26). The smallest absolute Gasteiger partial charge is 0.273 e. The van der Waals surface area contributed by atoms with E-state index in [9.17, 15) is 9.59 Å². The Morgan fingerprint density at radius 3 is 2.77 bits per heavy atom. The van der Waals surface area contributed by atoms with Gasteiger partial charge in [0.1, 0.15) is 5.56 Å². The summed E-state index contributed by atoms with van der Waals surface area (Å²) < 4.78 is 1.30. The molecule has 1 amide bonds. The molecule has 26 heavy (non-hydrogen) atoms. The quantitative estimate of drug-likeness (QED) is 0.663. The lowest BCUT2D eigenvalue weighted by Gasteiger charge is -2.22. The van der Waals surface area contributed by atoms with Crippen molar-refractivity contribution in [1.29, 1.82) is 0 Å². The normalized spacial score (nSPS) is 15.2. The van der Waals surface area contributed by atoms with Gasteiger partial charge in [-0.15, -0.1) is 0 Å². The van der Waals surface area contributed by atoms with Crippen molar-refractivity contribution in [1.82, 2.24) is 25.2 Å². The topological polar surface area (TPSA) is 91.3 Å². The van der Waals surface area contributed by atoms with Crippen LogP contribution in [0.1, 0.15) is 23.2 Å². The van der Waals surface area contributed by atoms with Gasteiger partial charge in [-0.3, -0.25) is 14.7 Å². The molecule has 0 spiro atoms. The van der Waals surface area contributed by atoms with Crippen molar-refractivity contribution < 1.29 is 4.79 Å². The predicted molar refractivity (Wildman–Crippen MR) is 99.2 cm³/mol. The molecule has 0 radical (unpaired) electrons. The zero-order chi connectivity index (χ0) is 17.9. The van der Waals surface area contributed by atoms with Gasteiger partial charge in [-0.05, 0) is 31.8 Å². The number of aromatic nitrogens is 3. The van der Waals surface area contributed by atoms with Crippen molar-refractivity contribution in [2.24, 2.45) is 5.92 Å². The van der Waals surface area contributed by atoms with Crippen LogP contribution in [0.5, 0.6) is 0 Å². The van der Waals surface area contributed by atoms with Crippen molar-refractivity contribution >= 4 is 11.6 Å². The molecule has 3 heterocycles.